The van der Waals surface area contributed by atoms with Gasteiger partial charge in [-0.15, -0.1) is 5.10 Å². The Morgan fingerprint density at radius 3 is 2.44 bits per heavy atom. The zero-order valence-electron chi connectivity index (χ0n) is 13.3. The molecule has 1 unspecified atom stereocenters. The van der Waals surface area contributed by atoms with E-state index < -0.39 is 24.3 Å². The van der Waals surface area contributed by atoms with Crippen LogP contribution < -0.4 is 10.4 Å². The average molecular weight is 396 g/mol. The Morgan fingerprint density at radius 2 is 1.92 bits per heavy atom. The standard InChI is InChI=1S/C14H13Cl2F2N3O4/c1-6(12(22)24-3)25-11-5-10(8(15)4-9(11)16)21-14(23)20(13(17)18)7(2)19-21/h4-6,13H,1-3H3. The highest BCUT2D eigenvalue weighted by atomic mass is 35.5. The minimum Gasteiger partial charge on any atom is -0.477 e. The predicted molar refractivity (Wildman–Crippen MR) is 85.9 cm³/mol. The first-order chi connectivity index (χ1) is 11.7. The first-order valence-electron chi connectivity index (χ1n) is 6.87. The largest absolute Gasteiger partial charge is 0.477 e. The molecule has 0 fully saturated rings. The topological polar surface area (TPSA) is 75.3 Å². The fourth-order valence-corrected chi connectivity index (χ4v) is 2.54. The smallest absolute Gasteiger partial charge is 0.355 e. The molecule has 0 amide bonds. The summed E-state index contributed by atoms with van der Waals surface area (Å²) in [5.41, 5.74) is -1.10. The Labute approximate surface area is 150 Å². The number of carbonyl (C=O) groups excluding carboxylic acids is 1. The Bertz CT molecular complexity index is 866. The van der Waals surface area contributed by atoms with Gasteiger partial charge < -0.3 is 9.47 Å². The van der Waals surface area contributed by atoms with E-state index in [4.69, 9.17) is 27.9 Å². The van der Waals surface area contributed by atoms with E-state index in [0.29, 0.717) is 4.68 Å². The fourth-order valence-electron chi connectivity index (χ4n) is 2.03. The lowest BCUT2D eigenvalue weighted by atomic mass is 10.3. The normalized spacial score (nSPS) is 12.3. The third kappa shape index (κ3) is 3.77. The van der Waals surface area contributed by atoms with Crippen LogP contribution >= 0.6 is 23.2 Å². The molecule has 0 aliphatic carbocycles. The van der Waals surface area contributed by atoms with Gasteiger partial charge in [0.2, 0.25) is 0 Å². The van der Waals surface area contributed by atoms with Crippen LogP contribution in [0.15, 0.2) is 16.9 Å². The Hall–Kier alpha value is -2.13. The molecular formula is C14H13Cl2F2N3O4. The van der Waals surface area contributed by atoms with E-state index in [0.717, 1.165) is 0 Å². The second-order valence-electron chi connectivity index (χ2n) is 4.91. The van der Waals surface area contributed by atoms with Crippen LogP contribution in [0.25, 0.3) is 5.69 Å². The molecule has 136 valence electrons. The van der Waals surface area contributed by atoms with Crippen molar-refractivity contribution >= 4 is 29.2 Å². The molecule has 0 bridgehead atoms. The highest BCUT2D eigenvalue weighted by molar-refractivity contribution is 6.36. The lowest BCUT2D eigenvalue weighted by molar-refractivity contribution is -0.147. The summed E-state index contributed by atoms with van der Waals surface area (Å²) in [7, 11) is 1.19. The lowest BCUT2D eigenvalue weighted by Crippen LogP contribution is -2.26. The number of aromatic nitrogens is 3. The van der Waals surface area contributed by atoms with E-state index in [9.17, 15) is 18.4 Å². The van der Waals surface area contributed by atoms with E-state index in [2.05, 4.69) is 9.84 Å². The van der Waals surface area contributed by atoms with Crippen LogP contribution in [0.2, 0.25) is 10.0 Å². The zero-order chi connectivity index (χ0) is 18.9. The van der Waals surface area contributed by atoms with Crippen molar-refractivity contribution in [2.24, 2.45) is 0 Å². The Balaban J connectivity index is 2.53. The third-order valence-corrected chi connectivity index (χ3v) is 3.84. The van der Waals surface area contributed by atoms with Gasteiger partial charge in [0, 0.05) is 6.07 Å². The number of aryl methyl sites for hydroxylation is 1. The van der Waals surface area contributed by atoms with Crippen LogP contribution in [-0.2, 0) is 9.53 Å². The molecule has 1 aromatic carbocycles. The summed E-state index contributed by atoms with van der Waals surface area (Å²) in [6.45, 7) is -0.370. The van der Waals surface area contributed by atoms with Gasteiger partial charge in [0.05, 0.1) is 22.8 Å². The van der Waals surface area contributed by atoms with Gasteiger partial charge in [-0.25, -0.2) is 14.2 Å². The average Bonchev–Trinajstić information content (AvgIpc) is 2.83. The molecule has 0 aliphatic rings. The summed E-state index contributed by atoms with van der Waals surface area (Å²) in [4.78, 5) is 23.6. The number of benzene rings is 1. The molecule has 1 aromatic heterocycles. The van der Waals surface area contributed by atoms with Gasteiger partial charge in [0.25, 0.3) is 0 Å². The van der Waals surface area contributed by atoms with Gasteiger partial charge in [-0.1, -0.05) is 23.2 Å². The number of hydrogen-bond donors (Lipinski definition) is 0. The number of hydrogen-bond acceptors (Lipinski definition) is 5. The van der Waals surface area contributed by atoms with Crippen LogP contribution in [0.1, 0.15) is 19.3 Å². The zero-order valence-corrected chi connectivity index (χ0v) is 14.8. The monoisotopic (exact) mass is 395 g/mol. The fraction of sp³-hybridized carbons (Fsp3) is 0.357. The summed E-state index contributed by atoms with van der Waals surface area (Å²) < 4.78 is 36.7. The molecule has 0 saturated carbocycles. The maximum absolute atomic E-state index is 12.9. The van der Waals surface area contributed by atoms with Gasteiger partial charge in [-0.2, -0.15) is 13.5 Å². The minimum atomic E-state index is -3.05. The number of esters is 1. The molecule has 2 rings (SSSR count). The van der Waals surface area contributed by atoms with Crippen molar-refractivity contribution in [3.63, 3.8) is 0 Å². The maximum Gasteiger partial charge on any atom is 0.355 e. The highest BCUT2D eigenvalue weighted by Gasteiger charge is 2.22. The number of rotatable bonds is 5. The second-order valence-corrected chi connectivity index (χ2v) is 5.72. The number of ether oxygens (including phenoxy) is 2. The molecule has 0 radical (unpaired) electrons. The van der Waals surface area contributed by atoms with Crippen LogP contribution in [0.5, 0.6) is 5.75 Å². The second kappa shape index (κ2) is 7.40. The van der Waals surface area contributed by atoms with Crippen LogP contribution in [-0.4, -0.2) is 33.5 Å². The van der Waals surface area contributed by atoms with E-state index in [-0.39, 0.29) is 31.9 Å². The molecule has 0 N–H and O–H groups in total. The SMILES string of the molecule is COC(=O)C(C)Oc1cc(-n2nc(C)n(C(F)F)c2=O)c(Cl)cc1Cl. The highest BCUT2D eigenvalue weighted by Crippen LogP contribution is 2.33. The van der Waals surface area contributed by atoms with Crippen molar-refractivity contribution in [2.75, 3.05) is 7.11 Å². The van der Waals surface area contributed by atoms with Crippen molar-refractivity contribution in [3.8, 4) is 11.4 Å². The summed E-state index contributed by atoms with van der Waals surface area (Å²) in [6.07, 6.45) is -0.992. The molecule has 7 nitrogen and oxygen atoms in total. The van der Waals surface area contributed by atoms with Crippen LogP contribution in [0.4, 0.5) is 8.78 Å². The van der Waals surface area contributed by atoms with E-state index in [1.807, 2.05) is 0 Å². The van der Waals surface area contributed by atoms with E-state index >= 15 is 0 Å². The molecule has 2 aromatic rings. The number of halogens is 4. The molecule has 1 atom stereocenters. The molecule has 11 heteroatoms. The van der Waals surface area contributed by atoms with E-state index in [1.165, 1.54) is 33.1 Å². The van der Waals surface area contributed by atoms with Crippen molar-refractivity contribution < 1.29 is 23.0 Å². The quantitative estimate of drug-likeness (QED) is 0.727. The van der Waals surface area contributed by atoms with Crippen LogP contribution in [0, 0.1) is 6.92 Å². The first kappa shape index (κ1) is 19.2. The lowest BCUT2D eigenvalue weighted by Gasteiger charge is -2.15. The third-order valence-electron chi connectivity index (χ3n) is 3.24. The number of methoxy groups -OCH3 is 1. The van der Waals surface area contributed by atoms with Gasteiger partial charge >= 0.3 is 18.2 Å². The Morgan fingerprint density at radius 1 is 1.28 bits per heavy atom. The van der Waals surface area contributed by atoms with Crippen LogP contribution in [0.3, 0.4) is 0 Å². The van der Waals surface area contributed by atoms with E-state index in [1.54, 1.807) is 0 Å². The summed E-state index contributed by atoms with van der Waals surface area (Å²) in [6, 6.07) is 2.48. The maximum atomic E-state index is 12.9. The molecular weight excluding hydrogens is 383 g/mol. The van der Waals surface area contributed by atoms with Crippen molar-refractivity contribution in [1.29, 1.82) is 0 Å². The Kier molecular flexibility index (Phi) is 5.69. The molecule has 0 spiro atoms. The van der Waals surface area contributed by atoms with Crippen molar-refractivity contribution in [2.45, 2.75) is 26.5 Å². The minimum absolute atomic E-state index is 0.00937. The molecule has 0 aliphatic heterocycles. The molecule has 0 saturated heterocycles. The number of carbonyl (C=O) groups is 1. The first-order valence-corrected chi connectivity index (χ1v) is 7.63. The van der Waals surface area contributed by atoms with Gasteiger partial charge in [0.15, 0.2) is 6.10 Å². The van der Waals surface area contributed by atoms with Gasteiger partial charge in [0.1, 0.15) is 11.6 Å². The van der Waals surface area contributed by atoms with Crippen molar-refractivity contribution in [3.05, 3.63) is 38.5 Å². The molecule has 1 heterocycles. The number of nitrogens with zero attached hydrogens (tertiary/aromatic N) is 3. The summed E-state index contributed by atoms with van der Waals surface area (Å²) in [5.74, 6) is -0.839. The van der Waals surface area contributed by atoms with Gasteiger partial charge in [-0.05, 0) is 19.9 Å². The molecule has 25 heavy (non-hydrogen) atoms. The summed E-state index contributed by atoms with van der Waals surface area (Å²) in [5, 5.41) is 3.82. The van der Waals surface area contributed by atoms with Crippen molar-refractivity contribution in [1.82, 2.24) is 14.3 Å². The predicted octanol–water partition coefficient (Wildman–Crippen LogP) is 2.98. The van der Waals surface area contributed by atoms with Gasteiger partial charge in [-0.3, -0.25) is 0 Å². The summed E-state index contributed by atoms with van der Waals surface area (Å²) >= 11 is 12.1. The number of alkyl halides is 2.